The SMILES string of the molecule is CCOC(=O)C(C(C)C)C(c1ccccc1)c1ccc(CBr)cc1. The number of carbonyl (C=O) groups excluding carboxylic acids is 1. The van der Waals surface area contributed by atoms with E-state index >= 15 is 0 Å². The van der Waals surface area contributed by atoms with Gasteiger partial charge in [0.05, 0.1) is 12.5 Å². The predicted molar refractivity (Wildman–Crippen MR) is 102 cm³/mol. The molecule has 0 fully saturated rings. The first kappa shape index (κ1) is 18.7. The molecule has 128 valence electrons. The third-order valence-electron chi connectivity index (χ3n) is 4.29. The van der Waals surface area contributed by atoms with Crippen LogP contribution in [-0.2, 0) is 14.9 Å². The van der Waals surface area contributed by atoms with Crippen molar-refractivity contribution >= 4 is 21.9 Å². The first-order valence-electron chi connectivity index (χ1n) is 8.44. The topological polar surface area (TPSA) is 26.3 Å². The van der Waals surface area contributed by atoms with Crippen molar-refractivity contribution < 1.29 is 9.53 Å². The number of benzene rings is 2. The monoisotopic (exact) mass is 388 g/mol. The van der Waals surface area contributed by atoms with Gasteiger partial charge < -0.3 is 4.74 Å². The average Bonchev–Trinajstić information content (AvgIpc) is 2.60. The van der Waals surface area contributed by atoms with E-state index in [4.69, 9.17) is 4.74 Å². The van der Waals surface area contributed by atoms with Crippen molar-refractivity contribution in [1.82, 2.24) is 0 Å². The minimum atomic E-state index is -0.206. The molecular formula is C21H25BrO2. The second-order valence-corrected chi connectivity index (χ2v) is 6.85. The minimum absolute atomic E-state index is 0.00498. The van der Waals surface area contributed by atoms with E-state index in [-0.39, 0.29) is 23.7 Å². The molecule has 0 aromatic heterocycles. The van der Waals surface area contributed by atoms with Crippen LogP contribution in [0.3, 0.4) is 0 Å². The summed E-state index contributed by atoms with van der Waals surface area (Å²) in [5, 5.41) is 0.828. The van der Waals surface area contributed by atoms with E-state index < -0.39 is 0 Å². The lowest BCUT2D eigenvalue weighted by molar-refractivity contribution is -0.150. The third-order valence-corrected chi connectivity index (χ3v) is 4.94. The Morgan fingerprint density at radius 3 is 2.08 bits per heavy atom. The van der Waals surface area contributed by atoms with Gasteiger partial charge in [-0.25, -0.2) is 0 Å². The van der Waals surface area contributed by atoms with Crippen molar-refractivity contribution in [2.75, 3.05) is 6.61 Å². The maximum Gasteiger partial charge on any atom is 0.310 e. The fourth-order valence-corrected chi connectivity index (χ4v) is 3.49. The Kier molecular flexibility index (Phi) is 7.04. The standard InChI is InChI=1S/C21H25BrO2/c1-4-24-21(23)19(15(2)3)20(17-8-6-5-7-9-17)18-12-10-16(14-22)11-13-18/h5-13,15,19-20H,4,14H2,1-3H3. The van der Waals surface area contributed by atoms with Crippen molar-refractivity contribution in [3.63, 3.8) is 0 Å². The largest absolute Gasteiger partial charge is 0.466 e. The van der Waals surface area contributed by atoms with Crippen molar-refractivity contribution in [2.24, 2.45) is 11.8 Å². The molecule has 0 bridgehead atoms. The average molecular weight is 389 g/mol. The Morgan fingerprint density at radius 2 is 1.58 bits per heavy atom. The normalized spacial score (nSPS) is 13.5. The highest BCUT2D eigenvalue weighted by Crippen LogP contribution is 2.37. The second-order valence-electron chi connectivity index (χ2n) is 6.29. The van der Waals surface area contributed by atoms with Crippen LogP contribution in [0.15, 0.2) is 54.6 Å². The Balaban J connectivity index is 2.50. The molecule has 0 saturated carbocycles. The van der Waals surface area contributed by atoms with Gasteiger partial charge in [0.2, 0.25) is 0 Å². The third kappa shape index (κ3) is 4.47. The zero-order chi connectivity index (χ0) is 17.5. The van der Waals surface area contributed by atoms with Crippen LogP contribution in [0.2, 0.25) is 0 Å². The molecule has 0 amide bonds. The maximum atomic E-state index is 12.7. The summed E-state index contributed by atoms with van der Waals surface area (Å²) in [6.07, 6.45) is 0. The number of halogens is 1. The van der Waals surface area contributed by atoms with Gasteiger partial charge in [-0.15, -0.1) is 0 Å². The van der Waals surface area contributed by atoms with Crippen LogP contribution < -0.4 is 0 Å². The quantitative estimate of drug-likeness (QED) is 0.459. The lowest BCUT2D eigenvalue weighted by Crippen LogP contribution is -2.30. The number of hydrogen-bond acceptors (Lipinski definition) is 2. The van der Waals surface area contributed by atoms with Crippen molar-refractivity contribution in [3.05, 3.63) is 71.3 Å². The molecule has 0 heterocycles. The summed E-state index contributed by atoms with van der Waals surface area (Å²) in [5.74, 6) is -0.146. The van der Waals surface area contributed by atoms with Crippen LogP contribution in [-0.4, -0.2) is 12.6 Å². The Morgan fingerprint density at radius 1 is 1.00 bits per heavy atom. The van der Waals surface area contributed by atoms with Crippen LogP contribution in [0, 0.1) is 11.8 Å². The number of ether oxygens (including phenoxy) is 1. The lowest BCUT2D eigenvalue weighted by Gasteiger charge is -2.29. The first-order chi connectivity index (χ1) is 11.6. The molecule has 0 saturated heterocycles. The molecule has 0 aliphatic rings. The lowest BCUT2D eigenvalue weighted by atomic mass is 9.75. The van der Waals surface area contributed by atoms with Crippen molar-refractivity contribution in [2.45, 2.75) is 32.0 Å². The predicted octanol–water partition coefficient (Wildman–Crippen LogP) is 5.55. The molecule has 2 atom stereocenters. The number of carbonyl (C=O) groups is 1. The molecule has 2 aromatic carbocycles. The smallest absolute Gasteiger partial charge is 0.310 e. The number of esters is 1. The van der Waals surface area contributed by atoms with Gasteiger partial charge in [0.15, 0.2) is 0 Å². The fraction of sp³-hybridized carbons (Fsp3) is 0.381. The molecule has 0 spiro atoms. The van der Waals surface area contributed by atoms with E-state index in [0.717, 1.165) is 16.5 Å². The van der Waals surface area contributed by atoms with Gasteiger partial charge in [0.1, 0.15) is 0 Å². The summed E-state index contributed by atoms with van der Waals surface area (Å²) in [5.41, 5.74) is 3.52. The van der Waals surface area contributed by atoms with Crippen LogP contribution in [0.1, 0.15) is 43.4 Å². The highest BCUT2D eigenvalue weighted by Gasteiger charge is 2.34. The summed E-state index contributed by atoms with van der Waals surface area (Å²) >= 11 is 3.49. The van der Waals surface area contributed by atoms with Gasteiger partial charge in [0, 0.05) is 11.2 Å². The molecule has 0 radical (unpaired) electrons. The zero-order valence-corrected chi connectivity index (χ0v) is 16.1. The Hall–Kier alpha value is -1.61. The molecule has 0 aliphatic carbocycles. The first-order valence-corrected chi connectivity index (χ1v) is 9.57. The number of hydrogen-bond donors (Lipinski definition) is 0. The summed E-state index contributed by atoms with van der Waals surface area (Å²) in [7, 11) is 0. The van der Waals surface area contributed by atoms with Crippen molar-refractivity contribution in [1.29, 1.82) is 0 Å². The van der Waals surface area contributed by atoms with E-state index in [9.17, 15) is 4.79 Å². The highest BCUT2D eigenvalue weighted by atomic mass is 79.9. The van der Waals surface area contributed by atoms with Gasteiger partial charge in [-0.05, 0) is 29.5 Å². The molecule has 2 nitrogen and oxygen atoms in total. The summed E-state index contributed by atoms with van der Waals surface area (Å²) in [6.45, 7) is 6.44. The second kappa shape index (κ2) is 9.03. The van der Waals surface area contributed by atoms with E-state index in [1.807, 2.05) is 25.1 Å². The van der Waals surface area contributed by atoms with Gasteiger partial charge >= 0.3 is 5.97 Å². The molecule has 0 aliphatic heterocycles. The molecule has 0 N–H and O–H groups in total. The highest BCUT2D eigenvalue weighted by molar-refractivity contribution is 9.08. The van der Waals surface area contributed by atoms with E-state index in [2.05, 4.69) is 66.2 Å². The molecule has 3 heteroatoms. The van der Waals surface area contributed by atoms with E-state index in [1.54, 1.807) is 0 Å². The number of alkyl halides is 1. The summed E-state index contributed by atoms with van der Waals surface area (Å²) in [4.78, 5) is 12.7. The van der Waals surface area contributed by atoms with Gasteiger partial charge in [-0.2, -0.15) is 0 Å². The minimum Gasteiger partial charge on any atom is -0.466 e. The molecule has 24 heavy (non-hydrogen) atoms. The molecule has 2 unspecified atom stereocenters. The van der Waals surface area contributed by atoms with Gasteiger partial charge in [-0.3, -0.25) is 4.79 Å². The van der Waals surface area contributed by atoms with Crippen LogP contribution in [0.5, 0.6) is 0 Å². The van der Waals surface area contributed by atoms with Crippen LogP contribution in [0.25, 0.3) is 0 Å². The van der Waals surface area contributed by atoms with Gasteiger partial charge in [0.25, 0.3) is 0 Å². The summed E-state index contributed by atoms with van der Waals surface area (Å²) in [6, 6.07) is 18.7. The zero-order valence-electron chi connectivity index (χ0n) is 14.5. The van der Waals surface area contributed by atoms with Crippen LogP contribution in [0.4, 0.5) is 0 Å². The van der Waals surface area contributed by atoms with Crippen LogP contribution >= 0.6 is 15.9 Å². The number of rotatable bonds is 7. The molecule has 2 rings (SSSR count). The van der Waals surface area contributed by atoms with Crippen molar-refractivity contribution in [3.8, 4) is 0 Å². The molecular weight excluding hydrogens is 364 g/mol. The van der Waals surface area contributed by atoms with E-state index in [0.29, 0.717) is 6.61 Å². The fourth-order valence-electron chi connectivity index (χ4n) is 3.11. The molecule has 2 aromatic rings. The summed E-state index contributed by atoms with van der Waals surface area (Å²) < 4.78 is 5.39. The van der Waals surface area contributed by atoms with Gasteiger partial charge in [-0.1, -0.05) is 84.4 Å². The Bertz CT molecular complexity index is 635. The maximum absolute atomic E-state index is 12.7. The van der Waals surface area contributed by atoms with E-state index in [1.165, 1.54) is 5.56 Å². The Labute approximate surface area is 153 Å².